The lowest BCUT2D eigenvalue weighted by atomic mass is 10.1. The molecule has 0 aliphatic carbocycles. The summed E-state index contributed by atoms with van der Waals surface area (Å²) in [5.41, 5.74) is 8.85. The summed E-state index contributed by atoms with van der Waals surface area (Å²) in [5, 5.41) is 9.44. The number of carbonyl (C=O) groups is 2. The Kier molecular flexibility index (Phi) is 7.72. The van der Waals surface area contributed by atoms with Crippen LogP contribution >= 0.6 is 0 Å². The molecule has 3 aromatic rings. The van der Waals surface area contributed by atoms with Gasteiger partial charge in [-0.25, -0.2) is 9.97 Å². The zero-order chi connectivity index (χ0) is 25.6. The molecule has 0 bridgehead atoms. The molecule has 5 N–H and O–H groups in total. The predicted molar refractivity (Wildman–Crippen MR) is 143 cm³/mol. The van der Waals surface area contributed by atoms with Gasteiger partial charge in [-0.3, -0.25) is 14.5 Å². The lowest BCUT2D eigenvalue weighted by Gasteiger charge is -2.31. The van der Waals surface area contributed by atoms with Crippen LogP contribution in [0.4, 0.5) is 5.82 Å². The highest BCUT2D eigenvalue weighted by molar-refractivity contribution is 5.97. The molecule has 0 radical (unpaired) electrons. The molecular formula is C28H33N7O2. The number of nitrogens with zero attached hydrogens (tertiary/aromatic N) is 3. The van der Waals surface area contributed by atoms with E-state index in [1.165, 1.54) is 6.20 Å². The molecule has 1 unspecified atom stereocenters. The molecule has 5 rings (SSSR count). The largest absolute Gasteiger partial charge is 0.382 e. The van der Waals surface area contributed by atoms with Crippen molar-refractivity contribution in [2.75, 3.05) is 31.9 Å². The summed E-state index contributed by atoms with van der Waals surface area (Å²) in [6.45, 7) is 4.35. The van der Waals surface area contributed by atoms with Crippen molar-refractivity contribution in [3.8, 4) is 11.3 Å². The third-order valence-corrected chi connectivity index (χ3v) is 7.11. The Labute approximate surface area is 216 Å². The second kappa shape index (κ2) is 11.5. The lowest BCUT2D eigenvalue weighted by molar-refractivity contribution is 0.0927. The van der Waals surface area contributed by atoms with Gasteiger partial charge in [-0.1, -0.05) is 42.5 Å². The highest BCUT2D eigenvalue weighted by Crippen LogP contribution is 2.22. The fourth-order valence-corrected chi connectivity index (χ4v) is 5.07. The zero-order valence-corrected chi connectivity index (χ0v) is 20.8. The Bertz CT molecular complexity index is 1240. The number of carbonyl (C=O) groups excluding carboxylic acids is 2. The van der Waals surface area contributed by atoms with Crippen LogP contribution < -0.4 is 21.7 Å². The van der Waals surface area contributed by atoms with Crippen LogP contribution in [-0.2, 0) is 6.54 Å². The molecule has 2 fully saturated rings. The van der Waals surface area contributed by atoms with Gasteiger partial charge in [-0.05, 0) is 50.0 Å². The number of nitrogen functional groups attached to an aromatic ring is 1. The minimum atomic E-state index is -0.319. The maximum Gasteiger partial charge on any atom is 0.274 e. The number of rotatable bonds is 7. The third-order valence-electron chi connectivity index (χ3n) is 7.11. The minimum Gasteiger partial charge on any atom is -0.382 e. The van der Waals surface area contributed by atoms with E-state index in [0.717, 1.165) is 51.0 Å². The second-order valence-corrected chi connectivity index (χ2v) is 9.67. The molecule has 2 aliphatic rings. The first-order valence-electron chi connectivity index (χ1n) is 12.9. The summed E-state index contributed by atoms with van der Waals surface area (Å²) in [5.74, 6) is -0.418. The number of amides is 2. The first kappa shape index (κ1) is 24.9. The number of piperidine rings is 1. The van der Waals surface area contributed by atoms with Crippen LogP contribution in [0.5, 0.6) is 0 Å². The van der Waals surface area contributed by atoms with Crippen LogP contribution in [-0.4, -0.2) is 64.9 Å². The van der Waals surface area contributed by atoms with Crippen molar-refractivity contribution in [1.29, 1.82) is 0 Å². The van der Waals surface area contributed by atoms with Gasteiger partial charge >= 0.3 is 0 Å². The summed E-state index contributed by atoms with van der Waals surface area (Å²) < 4.78 is 0. The lowest BCUT2D eigenvalue weighted by Crippen LogP contribution is -2.44. The first-order valence-corrected chi connectivity index (χ1v) is 12.9. The maximum absolute atomic E-state index is 13.1. The molecule has 0 spiro atoms. The molecule has 3 heterocycles. The number of benzene rings is 2. The van der Waals surface area contributed by atoms with Gasteiger partial charge in [0.05, 0.1) is 11.9 Å². The number of hydrogen-bond acceptors (Lipinski definition) is 7. The van der Waals surface area contributed by atoms with Gasteiger partial charge in [-0.15, -0.1) is 0 Å². The fraction of sp³-hybridized carbons (Fsp3) is 0.357. The molecular weight excluding hydrogens is 466 g/mol. The molecule has 9 nitrogen and oxygen atoms in total. The Morgan fingerprint density at radius 3 is 2.65 bits per heavy atom. The van der Waals surface area contributed by atoms with E-state index in [1.807, 2.05) is 36.4 Å². The average molecular weight is 500 g/mol. The van der Waals surface area contributed by atoms with E-state index >= 15 is 0 Å². The molecule has 9 heteroatoms. The van der Waals surface area contributed by atoms with E-state index in [2.05, 4.69) is 30.8 Å². The first-order chi connectivity index (χ1) is 18.1. The van der Waals surface area contributed by atoms with Crippen molar-refractivity contribution in [3.05, 3.63) is 77.6 Å². The van der Waals surface area contributed by atoms with Crippen molar-refractivity contribution in [2.45, 2.75) is 37.9 Å². The van der Waals surface area contributed by atoms with Gasteiger partial charge in [-0.2, -0.15) is 0 Å². The van der Waals surface area contributed by atoms with Crippen molar-refractivity contribution >= 4 is 17.6 Å². The number of aromatic nitrogens is 2. The quantitative estimate of drug-likeness (QED) is 0.393. The van der Waals surface area contributed by atoms with Gasteiger partial charge in [0.2, 0.25) is 0 Å². The molecule has 2 aliphatic heterocycles. The van der Waals surface area contributed by atoms with Crippen LogP contribution in [0.25, 0.3) is 11.3 Å². The Morgan fingerprint density at radius 1 is 1.03 bits per heavy atom. The van der Waals surface area contributed by atoms with Gasteiger partial charge < -0.3 is 21.7 Å². The van der Waals surface area contributed by atoms with E-state index in [4.69, 9.17) is 5.73 Å². The molecule has 37 heavy (non-hydrogen) atoms. The zero-order valence-electron chi connectivity index (χ0n) is 20.8. The normalized spacial score (nSPS) is 18.4. The van der Waals surface area contributed by atoms with Crippen LogP contribution in [0.2, 0.25) is 0 Å². The van der Waals surface area contributed by atoms with Crippen LogP contribution in [0.15, 0.2) is 60.8 Å². The van der Waals surface area contributed by atoms with E-state index < -0.39 is 0 Å². The number of nitrogens with one attached hydrogen (secondary N) is 3. The van der Waals surface area contributed by atoms with Crippen LogP contribution in [0.3, 0.4) is 0 Å². The highest BCUT2D eigenvalue weighted by Gasteiger charge is 2.30. The van der Waals surface area contributed by atoms with E-state index in [9.17, 15) is 9.59 Å². The Balaban J connectivity index is 1.24. The molecule has 1 aromatic heterocycles. The molecule has 0 saturated carbocycles. The molecule has 192 valence electrons. The number of hydrogen-bond donors (Lipinski definition) is 4. The summed E-state index contributed by atoms with van der Waals surface area (Å²) in [6, 6.07) is 17.5. The number of anilines is 1. The average Bonchev–Trinajstić information content (AvgIpc) is 3.41. The van der Waals surface area contributed by atoms with E-state index in [1.54, 1.807) is 18.2 Å². The molecule has 1 atom stereocenters. The van der Waals surface area contributed by atoms with Crippen LogP contribution in [0.1, 0.15) is 45.7 Å². The summed E-state index contributed by atoms with van der Waals surface area (Å²) >= 11 is 0. The fourth-order valence-electron chi connectivity index (χ4n) is 5.07. The Hall–Kier alpha value is -3.82. The molecule has 2 amide bonds. The molecule has 2 aromatic carbocycles. The van der Waals surface area contributed by atoms with Crippen LogP contribution in [0, 0.1) is 0 Å². The maximum atomic E-state index is 13.1. The second-order valence-electron chi connectivity index (χ2n) is 9.67. The summed E-state index contributed by atoms with van der Waals surface area (Å²) in [4.78, 5) is 37.1. The van der Waals surface area contributed by atoms with E-state index in [-0.39, 0.29) is 29.4 Å². The standard InChI is InChI=1S/C28H33N7O2/c29-26-25(28(37)33-22-11-14-35(18-22)23-9-12-30-13-10-23)34-24(17-31-26)20-7-4-8-21(15-20)27(36)32-16-19-5-2-1-3-6-19/h1-8,15,17,22-23,30H,9-14,16,18H2,(H2,29,31)(H,32,36)(H,33,37). The van der Waals surface area contributed by atoms with Gasteiger partial charge in [0.1, 0.15) is 0 Å². The third kappa shape index (κ3) is 6.12. The Morgan fingerprint density at radius 2 is 1.84 bits per heavy atom. The summed E-state index contributed by atoms with van der Waals surface area (Å²) in [7, 11) is 0. The van der Waals surface area contributed by atoms with Gasteiger partial charge in [0.25, 0.3) is 11.8 Å². The number of likely N-dealkylation sites (tertiary alicyclic amines) is 1. The summed E-state index contributed by atoms with van der Waals surface area (Å²) in [6.07, 6.45) is 4.72. The number of nitrogens with two attached hydrogens (primary N) is 1. The van der Waals surface area contributed by atoms with Gasteiger partial charge in [0.15, 0.2) is 11.5 Å². The van der Waals surface area contributed by atoms with E-state index in [0.29, 0.717) is 29.4 Å². The monoisotopic (exact) mass is 499 g/mol. The van der Waals surface area contributed by atoms with Crippen molar-refractivity contribution < 1.29 is 9.59 Å². The topological polar surface area (TPSA) is 125 Å². The predicted octanol–water partition coefficient (Wildman–Crippen LogP) is 2.21. The van der Waals surface area contributed by atoms with Crippen molar-refractivity contribution in [1.82, 2.24) is 30.8 Å². The minimum absolute atomic E-state index is 0.0591. The SMILES string of the molecule is Nc1ncc(-c2cccc(C(=O)NCc3ccccc3)c2)nc1C(=O)NC1CCN(C2CCNCC2)C1. The smallest absolute Gasteiger partial charge is 0.274 e. The molecule has 2 saturated heterocycles. The van der Waals surface area contributed by atoms with Crippen molar-refractivity contribution in [3.63, 3.8) is 0 Å². The van der Waals surface area contributed by atoms with Gasteiger partial charge in [0, 0.05) is 42.8 Å². The van der Waals surface area contributed by atoms with Crippen molar-refractivity contribution in [2.24, 2.45) is 0 Å². The highest BCUT2D eigenvalue weighted by atomic mass is 16.2.